The molecule has 8 nitrogen and oxygen atoms in total. The Morgan fingerprint density at radius 3 is 2.33 bits per heavy atom. The Balaban J connectivity index is 1.83. The number of carbonyl (C=O) groups excluding carboxylic acids is 1. The summed E-state index contributed by atoms with van der Waals surface area (Å²) in [6.45, 7) is 0.631. The van der Waals surface area contributed by atoms with E-state index >= 15 is 0 Å². The maximum Gasteiger partial charge on any atom is 0.573 e. The molecule has 0 atom stereocenters. The number of piperazine rings is 1. The van der Waals surface area contributed by atoms with E-state index in [1.54, 1.807) is 17.0 Å². The van der Waals surface area contributed by atoms with Gasteiger partial charge in [-0.25, -0.2) is 17.5 Å². The van der Waals surface area contributed by atoms with Gasteiger partial charge < -0.3 is 14.5 Å². The quantitative estimate of drug-likeness (QED) is 0.652. The summed E-state index contributed by atoms with van der Waals surface area (Å²) in [5.41, 5.74) is -0.176. The van der Waals surface area contributed by atoms with Crippen LogP contribution in [0.15, 0.2) is 41.3 Å². The molecule has 0 aliphatic carbocycles. The van der Waals surface area contributed by atoms with Gasteiger partial charge in [0.2, 0.25) is 10.0 Å². The molecule has 1 heterocycles. The molecule has 3 rings (SSSR count). The number of hydrogen-bond acceptors (Lipinski definition) is 6. The molecule has 0 aromatic heterocycles. The third-order valence-electron chi connectivity index (χ3n) is 4.99. The number of anilines is 1. The lowest BCUT2D eigenvalue weighted by Gasteiger charge is -2.36. The van der Waals surface area contributed by atoms with Crippen LogP contribution in [-0.2, 0) is 10.0 Å². The van der Waals surface area contributed by atoms with Gasteiger partial charge in [0.25, 0.3) is 5.91 Å². The lowest BCUT2D eigenvalue weighted by molar-refractivity contribution is -0.274. The molecule has 176 valence electrons. The van der Waals surface area contributed by atoms with Crippen LogP contribution < -0.4 is 14.4 Å². The molecule has 1 amide bonds. The molecule has 0 radical (unpaired) electrons. The molecule has 1 saturated heterocycles. The maximum atomic E-state index is 13.9. The van der Waals surface area contributed by atoms with Crippen LogP contribution in [0.3, 0.4) is 0 Å². The SMILES string of the molecule is CNS(=O)(=O)c1ccc(OC(F)(F)F)c(C(=O)N2CCN(c3ccc(C#N)c(F)c3)CC2)c1. The number of ether oxygens (including phenoxy) is 1. The molecule has 1 fully saturated rings. The first-order chi connectivity index (χ1) is 15.4. The molecule has 13 heteroatoms. The van der Waals surface area contributed by atoms with Crippen molar-refractivity contribution >= 4 is 21.6 Å². The van der Waals surface area contributed by atoms with Crippen molar-refractivity contribution in [1.29, 1.82) is 5.26 Å². The van der Waals surface area contributed by atoms with E-state index in [1.165, 1.54) is 17.0 Å². The number of carbonyl (C=O) groups is 1. The van der Waals surface area contributed by atoms with Gasteiger partial charge in [-0.2, -0.15) is 5.26 Å². The van der Waals surface area contributed by atoms with Crippen molar-refractivity contribution in [3.63, 3.8) is 0 Å². The van der Waals surface area contributed by atoms with Crippen molar-refractivity contribution in [3.05, 3.63) is 53.3 Å². The monoisotopic (exact) mass is 486 g/mol. The van der Waals surface area contributed by atoms with Gasteiger partial charge >= 0.3 is 6.36 Å². The molecule has 2 aromatic carbocycles. The van der Waals surface area contributed by atoms with Gasteiger partial charge in [0, 0.05) is 31.9 Å². The number of nitrogens with one attached hydrogen (secondary N) is 1. The fourth-order valence-electron chi connectivity index (χ4n) is 3.30. The van der Waals surface area contributed by atoms with Gasteiger partial charge in [0.1, 0.15) is 17.6 Å². The summed E-state index contributed by atoms with van der Waals surface area (Å²) >= 11 is 0. The highest BCUT2D eigenvalue weighted by atomic mass is 32.2. The highest BCUT2D eigenvalue weighted by Gasteiger charge is 2.35. The van der Waals surface area contributed by atoms with E-state index in [-0.39, 0.29) is 31.7 Å². The Kier molecular flexibility index (Phi) is 6.80. The van der Waals surface area contributed by atoms with Gasteiger partial charge in [0.15, 0.2) is 0 Å². The largest absolute Gasteiger partial charge is 0.573 e. The fourth-order valence-corrected chi connectivity index (χ4v) is 4.06. The molecule has 0 unspecified atom stereocenters. The van der Waals surface area contributed by atoms with Crippen LogP contribution in [-0.4, -0.2) is 58.8 Å². The third-order valence-corrected chi connectivity index (χ3v) is 6.40. The number of amides is 1. The van der Waals surface area contributed by atoms with Crippen molar-refractivity contribution in [2.45, 2.75) is 11.3 Å². The summed E-state index contributed by atoms with van der Waals surface area (Å²) < 4.78 is 82.5. The van der Waals surface area contributed by atoms with Crippen molar-refractivity contribution in [1.82, 2.24) is 9.62 Å². The average Bonchev–Trinajstić information content (AvgIpc) is 2.77. The average molecular weight is 486 g/mol. The number of rotatable bonds is 5. The van der Waals surface area contributed by atoms with Crippen molar-refractivity contribution in [2.24, 2.45) is 0 Å². The Morgan fingerprint density at radius 2 is 1.79 bits per heavy atom. The zero-order valence-corrected chi connectivity index (χ0v) is 18.0. The molecule has 1 N–H and O–H groups in total. The minimum Gasteiger partial charge on any atom is -0.405 e. The van der Waals surface area contributed by atoms with Crippen LogP contribution in [0.2, 0.25) is 0 Å². The second-order valence-corrected chi connectivity index (χ2v) is 8.86. The normalized spacial score (nSPS) is 14.7. The molecular formula is C20H18F4N4O4S. The highest BCUT2D eigenvalue weighted by molar-refractivity contribution is 7.89. The number of nitrogens with zero attached hydrogens (tertiary/aromatic N) is 3. The zero-order valence-electron chi connectivity index (χ0n) is 17.2. The van der Waals surface area contributed by atoms with Crippen LogP contribution >= 0.6 is 0 Å². The maximum absolute atomic E-state index is 13.9. The van der Waals surface area contributed by atoms with Crippen LogP contribution in [0.25, 0.3) is 0 Å². The van der Waals surface area contributed by atoms with Crippen LogP contribution in [0.5, 0.6) is 5.75 Å². The summed E-state index contributed by atoms with van der Waals surface area (Å²) in [4.78, 5) is 15.6. The van der Waals surface area contributed by atoms with Crippen molar-refractivity contribution in [3.8, 4) is 11.8 Å². The van der Waals surface area contributed by atoms with Gasteiger partial charge in [-0.05, 0) is 43.4 Å². The van der Waals surface area contributed by atoms with E-state index in [0.29, 0.717) is 5.69 Å². The molecular weight excluding hydrogens is 468 g/mol. The van der Waals surface area contributed by atoms with Gasteiger partial charge in [0.05, 0.1) is 16.0 Å². The Hall–Kier alpha value is -3.37. The van der Waals surface area contributed by atoms with E-state index in [9.17, 15) is 30.8 Å². The second kappa shape index (κ2) is 9.24. The molecule has 0 saturated carbocycles. The summed E-state index contributed by atoms with van der Waals surface area (Å²) in [7, 11) is -2.90. The summed E-state index contributed by atoms with van der Waals surface area (Å²) in [6, 6.07) is 8.31. The minimum atomic E-state index is -5.09. The van der Waals surface area contributed by atoms with E-state index in [1.807, 2.05) is 4.72 Å². The summed E-state index contributed by atoms with van der Waals surface area (Å²) in [5, 5.41) is 8.83. The van der Waals surface area contributed by atoms with Crippen LogP contribution in [0, 0.1) is 17.1 Å². The topological polar surface area (TPSA) is 103 Å². The van der Waals surface area contributed by atoms with Crippen LogP contribution in [0.1, 0.15) is 15.9 Å². The number of sulfonamides is 1. The minimum absolute atomic E-state index is 0.0783. The second-order valence-electron chi connectivity index (χ2n) is 6.97. The molecule has 1 aliphatic rings. The Morgan fingerprint density at radius 1 is 1.12 bits per heavy atom. The summed E-state index contributed by atoms with van der Waals surface area (Å²) in [5.74, 6) is -2.35. The van der Waals surface area contributed by atoms with E-state index in [2.05, 4.69) is 4.74 Å². The third kappa shape index (κ3) is 5.52. The zero-order chi connectivity index (χ0) is 24.4. The molecule has 0 bridgehead atoms. The predicted molar refractivity (Wildman–Crippen MR) is 109 cm³/mol. The Bertz CT molecular complexity index is 1200. The standard InChI is InChI=1S/C20H18F4N4O4S/c1-26-33(30,31)15-4-5-18(32-20(22,23)24)16(11-15)19(29)28-8-6-27(7-9-28)14-3-2-13(12-25)17(21)10-14/h2-5,10-11,26H,6-9H2,1H3. The van der Waals surface area contributed by atoms with Crippen molar-refractivity contribution < 1.29 is 35.5 Å². The first-order valence-electron chi connectivity index (χ1n) is 9.52. The predicted octanol–water partition coefficient (Wildman–Crippen LogP) is 2.47. The fraction of sp³-hybridized carbons (Fsp3) is 0.300. The van der Waals surface area contributed by atoms with Gasteiger partial charge in [-0.1, -0.05) is 0 Å². The molecule has 2 aromatic rings. The number of hydrogen-bond donors (Lipinski definition) is 1. The lowest BCUT2D eigenvalue weighted by atomic mass is 10.1. The number of halogens is 4. The lowest BCUT2D eigenvalue weighted by Crippen LogP contribution is -2.49. The van der Waals surface area contributed by atoms with E-state index in [0.717, 1.165) is 25.2 Å². The highest BCUT2D eigenvalue weighted by Crippen LogP contribution is 2.30. The van der Waals surface area contributed by atoms with Gasteiger partial charge in [-0.3, -0.25) is 4.79 Å². The first kappa shape index (κ1) is 24.3. The van der Waals surface area contributed by atoms with Crippen LogP contribution in [0.4, 0.5) is 23.2 Å². The molecule has 0 spiro atoms. The molecule has 1 aliphatic heterocycles. The smallest absolute Gasteiger partial charge is 0.405 e. The number of benzene rings is 2. The van der Waals surface area contributed by atoms with Crippen molar-refractivity contribution in [2.75, 3.05) is 38.1 Å². The molecule has 33 heavy (non-hydrogen) atoms. The van der Waals surface area contributed by atoms with E-state index in [4.69, 9.17) is 5.26 Å². The number of alkyl halides is 3. The van der Waals surface area contributed by atoms with Gasteiger partial charge in [-0.15, -0.1) is 13.2 Å². The van der Waals surface area contributed by atoms with E-state index < -0.39 is 44.3 Å². The number of nitriles is 1. The Labute approximate surface area is 187 Å². The summed E-state index contributed by atoms with van der Waals surface area (Å²) in [6.07, 6.45) is -5.09. The first-order valence-corrected chi connectivity index (χ1v) is 11.0.